The molecule has 1 aliphatic heterocycles. The minimum Gasteiger partial charge on any atom is -0.420 e. The van der Waals surface area contributed by atoms with Gasteiger partial charge < -0.3 is 9.32 Å². The van der Waals surface area contributed by atoms with Gasteiger partial charge in [-0.25, -0.2) is 0 Å². The molecule has 25 heavy (non-hydrogen) atoms. The lowest BCUT2D eigenvalue weighted by Crippen LogP contribution is -2.38. The number of nitrogens with zero attached hydrogens (tertiary/aromatic N) is 3. The molecule has 0 spiro atoms. The van der Waals surface area contributed by atoms with E-state index in [0.717, 1.165) is 35.4 Å². The van der Waals surface area contributed by atoms with Gasteiger partial charge in [0.1, 0.15) is 0 Å². The van der Waals surface area contributed by atoms with Crippen molar-refractivity contribution >= 4 is 17.2 Å². The fourth-order valence-corrected chi connectivity index (χ4v) is 3.93. The summed E-state index contributed by atoms with van der Waals surface area (Å²) in [6, 6.07) is 11.8. The van der Waals surface area contributed by atoms with E-state index in [0.29, 0.717) is 18.3 Å². The van der Waals surface area contributed by atoms with E-state index in [2.05, 4.69) is 10.2 Å². The molecule has 5 nitrogen and oxygen atoms in total. The summed E-state index contributed by atoms with van der Waals surface area (Å²) in [7, 11) is 0. The van der Waals surface area contributed by atoms with Gasteiger partial charge in [-0.2, -0.15) is 0 Å². The van der Waals surface area contributed by atoms with E-state index in [1.807, 2.05) is 53.6 Å². The highest BCUT2D eigenvalue weighted by Crippen LogP contribution is 2.30. The molecule has 2 aromatic heterocycles. The molecule has 1 aromatic carbocycles. The zero-order valence-corrected chi connectivity index (χ0v) is 14.8. The van der Waals surface area contributed by atoms with Crippen molar-refractivity contribution in [2.45, 2.75) is 25.7 Å². The van der Waals surface area contributed by atoms with Crippen molar-refractivity contribution < 1.29 is 9.21 Å². The maximum Gasteiger partial charge on any atom is 0.263 e. The predicted molar refractivity (Wildman–Crippen MR) is 96.7 cm³/mol. The number of amides is 1. The lowest BCUT2D eigenvalue weighted by molar-refractivity contribution is 0.0703. The molecule has 6 heteroatoms. The highest BCUT2D eigenvalue weighted by atomic mass is 32.1. The van der Waals surface area contributed by atoms with Gasteiger partial charge in [-0.05, 0) is 42.8 Å². The van der Waals surface area contributed by atoms with Gasteiger partial charge in [0.05, 0.1) is 10.8 Å². The largest absolute Gasteiger partial charge is 0.420 e. The predicted octanol–water partition coefficient (Wildman–Crippen LogP) is 4.13. The molecule has 3 heterocycles. The first-order valence-corrected chi connectivity index (χ1v) is 9.32. The van der Waals surface area contributed by atoms with Crippen LogP contribution in [-0.2, 0) is 0 Å². The average Bonchev–Trinajstić information content (AvgIpc) is 3.34. The molecule has 1 saturated heterocycles. The molecule has 3 aromatic rings. The van der Waals surface area contributed by atoms with Crippen LogP contribution >= 0.6 is 11.3 Å². The Morgan fingerprint density at radius 1 is 1.24 bits per heavy atom. The summed E-state index contributed by atoms with van der Waals surface area (Å²) >= 11 is 1.48. The second-order valence-corrected chi connectivity index (χ2v) is 7.28. The topological polar surface area (TPSA) is 59.2 Å². The fraction of sp³-hybridized carbons (Fsp3) is 0.316. The van der Waals surface area contributed by atoms with Crippen molar-refractivity contribution in [2.75, 3.05) is 13.1 Å². The third-order valence-corrected chi connectivity index (χ3v) is 5.46. The summed E-state index contributed by atoms with van der Waals surface area (Å²) in [5, 5.41) is 10.4. The van der Waals surface area contributed by atoms with Gasteiger partial charge in [-0.3, -0.25) is 4.79 Å². The zero-order chi connectivity index (χ0) is 17.2. The van der Waals surface area contributed by atoms with Gasteiger partial charge >= 0.3 is 0 Å². The summed E-state index contributed by atoms with van der Waals surface area (Å²) in [6.07, 6.45) is 1.91. The molecular formula is C19H19N3O2S. The highest BCUT2D eigenvalue weighted by Gasteiger charge is 2.29. The van der Waals surface area contributed by atoms with Crippen LogP contribution in [0.4, 0.5) is 0 Å². The van der Waals surface area contributed by atoms with Crippen molar-refractivity contribution in [3.05, 3.63) is 58.1 Å². The first-order chi connectivity index (χ1) is 12.2. The minimum absolute atomic E-state index is 0.0957. The van der Waals surface area contributed by atoms with Crippen LogP contribution in [-0.4, -0.2) is 34.1 Å². The maximum absolute atomic E-state index is 12.6. The van der Waals surface area contributed by atoms with Crippen LogP contribution in [0.1, 0.15) is 39.9 Å². The number of benzene rings is 1. The molecule has 0 radical (unpaired) electrons. The molecule has 4 rings (SSSR count). The Kier molecular flexibility index (Phi) is 4.36. The number of rotatable bonds is 3. The summed E-state index contributed by atoms with van der Waals surface area (Å²) in [4.78, 5) is 15.3. The Morgan fingerprint density at radius 2 is 2.12 bits per heavy atom. The number of hydrogen-bond donors (Lipinski definition) is 0. The average molecular weight is 353 g/mol. The fourth-order valence-electron chi connectivity index (χ4n) is 3.24. The van der Waals surface area contributed by atoms with E-state index in [9.17, 15) is 4.79 Å². The Morgan fingerprint density at radius 3 is 2.92 bits per heavy atom. The van der Waals surface area contributed by atoms with Gasteiger partial charge in [0.25, 0.3) is 5.91 Å². The van der Waals surface area contributed by atoms with Gasteiger partial charge in [0.2, 0.25) is 11.8 Å². The molecule has 0 bridgehead atoms. The number of carbonyl (C=O) groups is 1. The molecule has 1 aliphatic rings. The van der Waals surface area contributed by atoms with Crippen LogP contribution in [0.5, 0.6) is 0 Å². The first-order valence-electron chi connectivity index (χ1n) is 8.44. The third-order valence-electron chi connectivity index (χ3n) is 4.61. The van der Waals surface area contributed by atoms with Crippen LogP contribution < -0.4 is 0 Å². The molecule has 1 fully saturated rings. The Bertz CT molecular complexity index is 872. The van der Waals surface area contributed by atoms with Gasteiger partial charge in [-0.1, -0.05) is 24.3 Å². The Labute approximate surface area is 150 Å². The molecule has 0 unspecified atom stereocenters. The van der Waals surface area contributed by atoms with Crippen LogP contribution in [0.3, 0.4) is 0 Å². The quantitative estimate of drug-likeness (QED) is 0.710. The van der Waals surface area contributed by atoms with Crippen LogP contribution in [0.15, 0.2) is 46.2 Å². The van der Waals surface area contributed by atoms with Crippen molar-refractivity contribution in [3.63, 3.8) is 0 Å². The van der Waals surface area contributed by atoms with Gasteiger partial charge in [0, 0.05) is 18.7 Å². The second kappa shape index (κ2) is 6.80. The minimum atomic E-state index is 0.0957. The van der Waals surface area contributed by atoms with Crippen LogP contribution in [0.2, 0.25) is 0 Å². The third kappa shape index (κ3) is 3.22. The molecule has 1 amide bonds. The van der Waals surface area contributed by atoms with Crippen LogP contribution in [0.25, 0.3) is 11.5 Å². The number of hydrogen-bond acceptors (Lipinski definition) is 5. The SMILES string of the molecule is Cc1ccccc1-c1nnc([C@@H]2CCCN(C(=O)c3cccs3)C2)o1. The summed E-state index contributed by atoms with van der Waals surface area (Å²) in [6.45, 7) is 3.44. The van der Waals surface area contributed by atoms with Crippen molar-refractivity contribution in [1.82, 2.24) is 15.1 Å². The number of carbonyl (C=O) groups excluding carboxylic acids is 1. The molecule has 0 N–H and O–H groups in total. The Balaban J connectivity index is 1.52. The standard InChI is InChI=1S/C19H19N3O2S/c1-13-6-2-3-8-15(13)18-21-20-17(24-18)14-7-4-10-22(12-14)19(23)16-9-5-11-25-16/h2-3,5-6,8-9,11,14H,4,7,10,12H2,1H3/t14-/m1/s1. The van der Waals surface area contributed by atoms with Crippen molar-refractivity contribution in [3.8, 4) is 11.5 Å². The smallest absolute Gasteiger partial charge is 0.263 e. The zero-order valence-electron chi connectivity index (χ0n) is 14.0. The first kappa shape index (κ1) is 16.0. The lowest BCUT2D eigenvalue weighted by atomic mass is 9.98. The van der Waals surface area contributed by atoms with E-state index in [1.54, 1.807) is 0 Å². The van der Waals surface area contributed by atoms with Crippen LogP contribution in [0, 0.1) is 6.92 Å². The molecule has 0 saturated carbocycles. The van der Waals surface area contributed by atoms with E-state index < -0.39 is 0 Å². The summed E-state index contributed by atoms with van der Waals surface area (Å²) in [5.41, 5.74) is 2.07. The number of piperidine rings is 1. The van der Waals surface area contributed by atoms with E-state index in [-0.39, 0.29) is 11.8 Å². The number of aryl methyl sites for hydroxylation is 1. The second-order valence-electron chi connectivity index (χ2n) is 6.33. The molecule has 128 valence electrons. The monoisotopic (exact) mass is 353 g/mol. The summed E-state index contributed by atoms with van der Waals surface area (Å²) in [5.74, 6) is 1.37. The van der Waals surface area contributed by atoms with Crippen molar-refractivity contribution in [2.24, 2.45) is 0 Å². The Hall–Kier alpha value is -2.47. The molecule has 1 atom stereocenters. The maximum atomic E-state index is 12.6. The van der Waals surface area contributed by atoms with E-state index in [1.165, 1.54) is 11.3 Å². The van der Waals surface area contributed by atoms with Crippen molar-refractivity contribution in [1.29, 1.82) is 0 Å². The van der Waals surface area contributed by atoms with E-state index in [4.69, 9.17) is 4.42 Å². The highest BCUT2D eigenvalue weighted by molar-refractivity contribution is 7.12. The molecule has 0 aliphatic carbocycles. The number of aromatic nitrogens is 2. The molecular weight excluding hydrogens is 334 g/mol. The lowest BCUT2D eigenvalue weighted by Gasteiger charge is -2.30. The van der Waals surface area contributed by atoms with Gasteiger partial charge in [0.15, 0.2) is 0 Å². The summed E-state index contributed by atoms with van der Waals surface area (Å²) < 4.78 is 5.95. The number of likely N-dealkylation sites (tertiary alicyclic amines) is 1. The van der Waals surface area contributed by atoms with Gasteiger partial charge in [-0.15, -0.1) is 21.5 Å². The van der Waals surface area contributed by atoms with E-state index >= 15 is 0 Å². The number of thiophene rings is 1. The normalized spacial score (nSPS) is 17.6.